The van der Waals surface area contributed by atoms with Gasteiger partial charge in [0, 0.05) is 18.9 Å². The summed E-state index contributed by atoms with van der Waals surface area (Å²) < 4.78 is 20.7. The Morgan fingerprint density at radius 3 is 2.95 bits per heavy atom. The van der Waals surface area contributed by atoms with Crippen LogP contribution < -0.4 is 10.5 Å². The first-order valence-corrected chi connectivity index (χ1v) is 6.30. The van der Waals surface area contributed by atoms with Crippen LogP contribution in [-0.4, -0.2) is 9.38 Å². The first kappa shape index (κ1) is 12.6. The second kappa shape index (κ2) is 5.30. The maximum absolute atomic E-state index is 13.1. The maximum Gasteiger partial charge on any atom is 0.179 e. The van der Waals surface area contributed by atoms with Crippen molar-refractivity contribution < 1.29 is 9.13 Å². The Bertz CT molecular complexity index is 739. The summed E-state index contributed by atoms with van der Waals surface area (Å²) in [5, 5.41) is 0. The predicted octanol–water partition coefficient (Wildman–Crippen LogP) is 2.51. The van der Waals surface area contributed by atoms with Crippen molar-refractivity contribution in [1.29, 1.82) is 0 Å². The van der Waals surface area contributed by atoms with Crippen LogP contribution in [-0.2, 0) is 13.2 Å². The number of aromatic nitrogens is 2. The highest BCUT2D eigenvalue weighted by molar-refractivity contribution is 5.54. The molecular formula is C15H14FN3O. The molecule has 0 spiro atoms. The van der Waals surface area contributed by atoms with Crippen LogP contribution in [0.25, 0.3) is 5.65 Å². The van der Waals surface area contributed by atoms with Crippen LogP contribution in [0.15, 0.2) is 48.8 Å². The van der Waals surface area contributed by atoms with E-state index in [9.17, 15) is 4.39 Å². The molecule has 102 valence electrons. The Balaban J connectivity index is 1.85. The smallest absolute Gasteiger partial charge is 0.179 e. The van der Waals surface area contributed by atoms with Crippen LogP contribution in [0.2, 0.25) is 0 Å². The van der Waals surface area contributed by atoms with Crippen molar-refractivity contribution in [3.63, 3.8) is 0 Å². The summed E-state index contributed by atoms with van der Waals surface area (Å²) in [6.07, 6.45) is 3.75. The number of imidazole rings is 1. The van der Waals surface area contributed by atoms with Crippen LogP contribution in [0.3, 0.4) is 0 Å². The predicted molar refractivity (Wildman–Crippen MR) is 73.8 cm³/mol. The van der Waals surface area contributed by atoms with Crippen molar-refractivity contribution in [2.45, 2.75) is 13.2 Å². The van der Waals surface area contributed by atoms with E-state index < -0.39 is 0 Å². The van der Waals surface area contributed by atoms with Crippen molar-refractivity contribution in [2.24, 2.45) is 5.73 Å². The van der Waals surface area contributed by atoms with Gasteiger partial charge in [0.15, 0.2) is 11.4 Å². The van der Waals surface area contributed by atoms with Gasteiger partial charge in [-0.2, -0.15) is 0 Å². The topological polar surface area (TPSA) is 52.5 Å². The minimum absolute atomic E-state index is 0.268. The molecule has 3 rings (SSSR count). The quantitative estimate of drug-likeness (QED) is 0.793. The van der Waals surface area contributed by atoms with Gasteiger partial charge in [-0.15, -0.1) is 0 Å². The fourth-order valence-electron chi connectivity index (χ4n) is 2.04. The van der Waals surface area contributed by atoms with Crippen LogP contribution in [0.4, 0.5) is 4.39 Å². The fourth-order valence-corrected chi connectivity index (χ4v) is 2.04. The number of hydrogen-bond donors (Lipinski definition) is 1. The molecule has 0 saturated carbocycles. The highest BCUT2D eigenvalue weighted by Crippen LogP contribution is 2.20. The lowest BCUT2D eigenvalue weighted by molar-refractivity contribution is 0.307. The summed E-state index contributed by atoms with van der Waals surface area (Å²) in [6, 6.07) is 10.1. The Kier molecular flexibility index (Phi) is 3.35. The number of hydrogen-bond acceptors (Lipinski definition) is 3. The third-order valence-corrected chi connectivity index (χ3v) is 2.99. The molecule has 0 aliphatic heterocycles. The lowest BCUT2D eigenvalue weighted by atomic mass is 10.2. The fraction of sp³-hybridized carbons (Fsp3) is 0.133. The number of rotatable bonds is 4. The van der Waals surface area contributed by atoms with E-state index in [0.717, 1.165) is 11.3 Å². The Hall–Kier alpha value is -2.40. The molecule has 0 fully saturated rings. The average molecular weight is 271 g/mol. The Labute approximate surface area is 115 Å². The van der Waals surface area contributed by atoms with Crippen molar-refractivity contribution in [3.05, 3.63) is 65.9 Å². The Morgan fingerprint density at radius 2 is 2.15 bits per heavy atom. The molecular weight excluding hydrogens is 257 g/mol. The lowest BCUT2D eigenvalue weighted by Crippen LogP contribution is -1.98. The molecule has 0 aliphatic carbocycles. The molecule has 0 unspecified atom stereocenters. The molecule has 5 heteroatoms. The largest absolute Gasteiger partial charge is 0.485 e. The van der Waals surface area contributed by atoms with E-state index in [-0.39, 0.29) is 5.82 Å². The van der Waals surface area contributed by atoms with Crippen molar-refractivity contribution in [3.8, 4) is 5.75 Å². The monoisotopic (exact) mass is 271 g/mol. The zero-order valence-electron chi connectivity index (χ0n) is 10.8. The standard InChI is InChI=1S/C15H14FN3O/c16-12-4-1-3-11(7-12)10-20-14-5-2-6-19-9-13(8-17)18-15(14)19/h1-7,9H,8,10,17H2. The molecule has 0 atom stereocenters. The number of ether oxygens (including phenoxy) is 1. The number of nitrogens with zero attached hydrogens (tertiary/aromatic N) is 2. The van der Waals surface area contributed by atoms with Gasteiger partial charge in [0.2, 0.25) is 0 Å². The normalized spacial score (nSPS) is 10.9. The molecule has 2 N–H and O–H groups in total. The van der Waals surface area contributed by atoms with Crippen LogP contribution in [0.1, 0.15) is 11.3 Å². The summed E-state index contributed by atoms with van der Waals surface area (Å²) in [7, 11) is 0. The van der Waals surface area contributed by atoms with E-state index in [2.05, 4.69) is 4.98 Å². The van der Waals surface area contributed by atoms with E-state index in [1.54, 1.807) is 6.07 Å². The molecule has 0 aliphatic rings. The van der Waals surface area contributed by atoms with Gasteiger partial charge in [0.05, 0.1) is 5.69 Å². The van der Waals surface area contributed by atoms with Gasteiger partial charge in [0.25, 0.3) is 0 Å². The molecule has 2 aromatic heterocycles. The SMILES string of the molecule is NCc1cn2cccc(OCc3cccc(F)c3)c2n1. The first-order chi connectivity index (χ1) is 9.76. The van der Waals surface area contributed by atoms with E-state index in [0.29, 0.717) is 24.5 Å². The molecule has 0 amide bonds. The molecule has 4 nitrogen and oxygen atoms in total. The van der Waals surface area contributed by atoms with Gasteiger partial charge in [-0.25, -0.2) is 9.37 Å². The van der Waals surface area contributed by atoms with Gasteiger partial charge in [-0.1, -0.05) is 12.1 Å². The van der Waals surface area contributed by atoms with E-state index in [1.165, 1.54) is 12.1 Å². The number of benzene rings is 1. The maximum atomic E-state index is 13.1. The molecule has 0 saturated heterocycles. The van der Waals surface area contributed by atoms with Crippen LogP contribution in [0, 0.1) is 5.82 Å². The van der Waals surface area contributed by atoms with Gasteiger partial charge < -0.3 is 14.9 Å². The van der Waals surface area contributed by atoms with E-state index >= 15 is 0 Å². The molecule has 1 aromatic carbocycles. The first-order valence-electron chi connectivity index (χ1n) is 6.30. The highest BCUT2D eigenvalue weighted by atomic mass is 19.1. The van der Waals surface area contributed by atoms with E-state index in [4.69, 9.17) is 10.5 Å². The second-order valence-corrected chi connectivity index (χ2v) is 4.46. The number of nitrogens with two attached hydrogens (primary N) is 1. The summed E-state index contributed by atoms with van der Waals surface area (Å²) in [5.41, 5.74) is 7.87. The summed E-state index contributed by atoms with van der Waals surface area (Å²) >= 11 is 0. The molecule has 3 aromatic rings. The summed E-state index contributed by atoms with van der Waals surface area (Å²) in [6.45, 7) is 0.674. The minimum atomic E-state index is -0.268. The van der Waals surface area contributed by atoms with Gasteiger partial charge in [-0.05, 0) is 29.8 Å². The van der Waals surface area contributed by atoms with Crippen molar-refractivity contribution in [1.82, 2.24) is 9.38 Å². The van der Waals surface area contributed by atoms with Gasteiger partial charge in [0.1, 0.15) is 12.4 Å². The third-order valence-electron chi connectivity index (χ3n) is 2.99. The van der Waals surface area contributed by atoms with E-state index in [1.807, 2.05) is 35.0 Å². The third kappa shape index (κ3) is 2.48. The highest BCUT2D eigenvalue weighted by Gasteiger charge is 2.07. The van der Waals surface area contributed by atoms with Crippen molar-refractivity contribution in [2.75, 3.05) is 0 Å². The molecule has 2 heterocycles. The zero-order chi connectivity index (χ0) is 13.9. The molecule has 20 heavy (non-hydrogen) atoms. The average Bonchev–Trinajstić information content (AvgIpc) is 2.89. The van der Waals surface area contributed by atoms with Crippen LogP contribution >= 0.6 is 0 Å². The molecule has 0 radical (unpaired) electrons. The van der Waals surface area contributed by atoms with Gasteiger partial charge in [-0.3, -0.25) is 0 Å². The second-order valence-electron chi connectivity index (χ2n) is 4.46. The number of halogens is 1. The summed E-state index contributed by atoms with van der Waals surface area (Å²) in [4.78, 5) is 4.40. The zero-order valence-corrected chi connectivity index (χ0v) is 10.8. The van der Waals surface area contributed by atoms with Gasteiger partial charge >= 0.3 is 0 Å². The Morgan fingerprint density at radius 1 is 1.25 bits per heavy atom. The number of pyridine rings is 1. The van der Waals surface area contributed by atoms with Crippen LogP contribution in [0.5, 0.6) is 5.75 Å². The lowest BCUT2D eigenvalue weighted by Gasteiger charge is -2.07. The molecule has 0 bridgehead atoms. The van der Waals surface area contributed by atoms with Crippen molar-refractivity contribution >= 4 is 5.65 Å². The summed E-state index contributed by atoms with van der Waals surface area (Å²) in [5.74, 6) is 0.381. The number of fused-ring (bicyclic) bond motifs is 1. The minimum Gasteiger partial charge on any atom is -0.485 e.